The Hall–Kier alpha value is -2.19. The first-order chi connectivity index (χ1) is 8.64. The summed E-state index contributed by atoms with van der Waals surface area (Å²) in [5.41, 5.74) is 1.16. The molecule has 0 spiro atoms. The van der Waals surface area contributed by atoms with Crippen LogP contribution in [0, 0.1) is 23.7 Å². The van der Waals surface area contributed by atoms with Crippen LogP contribution in [0.4, 0.5) is 0 Å². The number of rotatable bonds is 2. The van der Waals surface area contributed by atoms with E-state index in [1.165, 1.54) is 0 Å². The van der Waals surface area contributed by atoms with Crippen molar-refractivity contribution in [3.8, 4) is 6.07 Å². The molecule has 3 rings (SSSR count). The quantitative estimate of drug-likeness (QED) is 0.810. The number of Topliss-reactive ketones (excluding diaryl/α,β-unsaturated/α-hetero) is 1. The third kappa shape index (κ3) is 1.43. The molecule has 0 bridgehead atoms. The molecule has 0 atom stereocenters. The fourth-order valence-corrected chi connectivity index (χ4v) is 2.11. The number of benzene rings is 1. The minimum Gasteiger partial charge on any atom is -0.377 e. The highest BCUT2D eigenvalue weighted by Crippen LogP contribution is 2.31. The summed E-state index contributed by atoms with van der Waals surface area (Å²) in [6, 6.07) is 7.31. The number of carbonyl (C=O) groups is 1. The van der Waals surface area contributed by atoms with E-state index in [4.69, 9.17) is 10.00 Å². The Morgan fingerprint density at radius 3 is 2.94 bits per heavy atom. The number of fused-ring (bicyclic) bond motifs is 1. The number of hydrogen-bond acceptors (Lipinski definition) is 4. The lowest BCUT2D eigenvalue weighted by Crippen LogP contribution is -2.47. The van der Waals surface area contributed by atoms with E-state index in [1.807, 2.05) is 6.92 Å². The van der Waals surface area contributed by atoms with E-state index in [1.54, 1.807) is 18.2 Å². The summed E-state index contributed by atoms with van der Waals surface area (Å²) in [7, 11) is 0. The molecule has 1 aliphatic rings. The van der Waals surface area contributed by atoms with Gasteiger partial charge in [0.15, 0.2) is 11.2 Å². The monoisotopic (exact) mass is 241 g/mol. The van der Waals surface area contributed by atoms with Crippen molar-refractivity contribution in [3.05, 3.63) is 29.6 Å². The second kappa shape index (κ2) is 3.65. The number of carbonyl (C=O) groups excluding carboxylic acids is 1. The maximum Gasteiger partial charge on any atom is 0.187 e. The van der Waals surface area contributed by atoms with Crippen molar-refractivity contribution < 1.29 is 9.53 Å². The molecule has 5 heteroatoms. The van der Waals surface area contributed by atoms with Crippen molar-refractivity contribution in [1.29, 1.82) is 5.26 Å². The average Bonchev–Trinajstić information content (AvgIpc) is 2.67. The number of ether oxygens (including phenoxy) is 1. The van der Waals surface area contributed by atoms with Crippen LogP contribution in [0.2, 0.25) is 0 Å². The summed E-state index contributed by atoms with van der Waals surface area (Å²) in [6.07, 6.45) is 0. The third-order valence-electron chi connectivity index (χ3n) is 3.21. The molecular formula is C13H11N3O2. The summed E-state index contributed by atoms with van der Waals surface area (Å²) in [4.78, 5) is 19.6. The van der Waals surface area contributed by atoms with E-state index < -0.39 is 5.41 Å². The fraction of sp³-hybridized carbons (Fsp3) is 0.308. The van der Waals surface area contributed by atoms with Crippen molar-refractivity contribution >= 4 is 16.8 Å². The minimum atomic E-state index is -0.997. The van der Waals surface area contributed by atoms with Gasteiger partial charge < -0.3 is 9.72 Å². The molecule has 5 nitrogen and oxygen atoms in total. The molecule has 1 aromatic carbocycles. The van der Waals surface area contributed by atoms with Crippen LogP contribution in [-0.4, -0.2) is 29.0 Å². The molecule has 0 aliphatic carbocycles. The highest BCUT2D eigenvalue weighted by atomic mass is 16.5. The predicted octanol–water partition coefficient (Wildman–Crippen LogP) is 1.59. The summed E-state index contributed by atoms with van der Waals surface area (Å²) in [5.74, 6) is 0.627. The zero-order chi connectivity index (χ0) is 12.8. The molecule has 0 amide bonds. The Kier molecular flexibility index (Phi) is 2.22. The molecule has 2 heterocycles. The largest absolute Gasteiger partial charge is 0.377 e. The van der Waals surface area contributed by atoms with Crippen LogP contribution in [0.1, 0.15) is 16.2 Å². The molecule has 0 saturated carbocycles. The van der Waals surface area contributed by atoms with Crippen molar-refractivity contribution in [2.24, 2.45) is 5.41 Å². The van der Waals surface area contributed by atoms with Gasteiger partial charge in [-0.1, -0.05) is 0 Å². The number of H-pyrrole nitrogens is 1. The van der Waals surface area contributed by atoms with Gasteiger partial charge in [0.2, 0.25) is 0 Å². The smallest absolute Gasteiger partial charge is 0.187 e. The SMILES string of the molecule is Cc1nc2ccc(C(=O)C3(C#N)COC3)cc2[nH]1. The third-order valence-corrected chi connectivity index (χ3v) is 3.21. The number of aryl methyl sites for hydroxylation is 1. The summed E-state index contributed by atoms with van der Waals surface area (Å²) in [6.45, 7) is 2.22. The topological polar surface area (TPSA) is 78.8 Å². The minimum absolute atomic E-state index is 0.176. The molecule has 0 unspecified atom stereocenters. The number of nitrogens with zero attached hydrogens (tertiary/aromatic N) is 2. The Morgan fingerprint density at radius 1 is 1.56 bits per heavy atom. The van der Waals surface area contributed by atoms with Gasteiger partial charge in [0, 0.05) is 5.56 Å². The average molecular weight is 241 g/mol. The van der Waals surface area contributed by atoms with Gasteiger partial charge in [-0.2, -0.15) is 5.26 Å². The molecule has 2 aromatic rings. The zero-order valence-electron chi connectivity index (χ0n) is 9.86. The molecule has 0 radical (unpaired) electrons. The van der Waals surface area contributed by atoms with E-state index in [9.17, 15) is 4.79 Å². The Bertz CT molecular complexity index is 677. The first-order valence-corrected chi connectivity index (χ1v) is 5.65. The predicted molar refractivity (Wildman–Crippen MR) is 64.0 cm³/mol. The highest BCUT2D eigenvalue weighted by Gasteiger charge is 2.46. The number of ketones is 1. The first kappa shape index (κ1) is 10.9. The van der Waals surface area contributed by atoms with Gasteiger partial charge in [-0.05, 0) is 25.1 Å². The van der Waals surface area contributed by atoms with Crippen LogP contribution < -0.4 is 0 Å². The molecule has 1 aliphatic heterocycles. The van der Waals surface area contributed by atoms with Gasteiger partial charge >= 0.3 is 0 Å². The van der Waals surface area contributed by atoms with Crippen molar-refractivity contribution in [1.82, 2.24) is 9.97 Å². The number of nitrogens with one attached hydrogen (secondary N) is 1. The second-order valence-corrected chi connectivity index (χ2v) is 4.57. The lowest BCUT2D eigenvalue weighted by Gasteiger charge is -2.33. The Balaban J connectivity index is 2.04. The number of imidazole rings is 1. The van der Waals surface area contributed by atoms with Gasteiger partial charge in [-0.15, -0.1) is 0 Å². The summed E-state index contributed by atoms with van der Waals surface area (Å²) < 4.78 is 5.00. The summed E-state index contributed by atoms with van der Waals surface area (Å²) >= 11 is 0. The number of nitriles is 1. The second-order valence-electron chi connectivity index (χ2n) is 4.57. The van der Waals surface area contributed by atoms with Gasteiger partial charge in [-0.25, -0.2) is 4.98 Å². The van der Waals surface area contributed by atoms with Gasteiger partial charge in [-0.3, -0.25) is 4.79 Å². The molecular weight excluding hydrogens is 230 g/mol. The number of aromatic amines is 1. The van der Waals surface area contributed by atoms with Crippen LogP contribution in [0.25, 0.3) is 11.0 Å². The van der Waals surface area contributed by atoms with Gasteiger partial charge in [0.05, 0.1) is 30.3 Å². The van der Waals surface area contributed by atoms with Gasteiger partial charge in [0.25, 0.3) is 0 Å². The van der Waals surface area contributed by atoms with E-state index >= 15 is 0 Å². The molecule has 18 heavy (non-hydrogen) atoms. The van der Waals surface area contributed by atoms with Crippen LogP contribution in [0.5, 0.6) is 0 Å². The van der Waals surface area contributed by atoms with E-state index in [2.05, 4.69) is 16.0 Å². The Morgan fingerprint density at radius 2 is 2.33 bits per heavy atom. The van der Waals surface area contributed by atoms with Crippen molar-refractivity contribution in [2.45, 2.75) is 6.92 Å². The normalized spacial score (nSPS) is 17.1. The standard InChI is InChI=1S/C13H11N3O2/c1-8-15-10-3-2-9(4-11(10)16-8)12(17)13(5-14)6-18-7-13/h2-4H,6-7H2,1H3,(H,15,16). The molecule has 1 N–H and O–H groups in total. The van der Waals surface area contributed by atoms with Crippen molar-refractivity contribution in [2.75, 3.05) is 13.2 Å². The van der Waals surface area contributed by atoms with Crippen LogP contribution in [0.3, 0.4) is 0 Å². The molecule has 1 saturated heterocycles. The molecule has 1 aromatic heterocycles. The van der Waals surface area contributed by atoms with E-state index in [0.29, 0.717) is 5.56 Å². The highest BCUT2D eigenvalue weighted by molar-refractivity contribution is 6.04. The van der Waals surface area contributed by atoms with Crippen LogP contribution in [-0.2, 0) is 4.74 Å². The number of hydrogen-bond donors (Lipinski definition) is 1. The number of aromatic nitrogens is 2. The summed E-state index contributed by atoms with van der Waals surface area (Å²) in [5, 5.41) is 9.11. The lowest BCUT2D eigenvalue weighted by molar-refractivity contribution is -0.0566. The van der Waals surface area contributed by atoms with Gasteiger partial charge in [0.1, 0.15) is 5.82 Å². The maximum absolute atomic E-state index is 12.3. The van der Waals surface area contributed by atoms with Crippen LogP contribution in [0.15, 0.2) is 18.2 Å². The van der Waals surface area contributed by atoms with Crippen molar-refractivity contribution in [3.63, 3.8) is 0 Å². The maximum atomic E-state index is 12.3. The Labute approximate surface area is 103 Å². The first-order valence-electron chi connectivity index (χ1n) is 5.65. The molecule has 90 valence electrons. The lowest BCUT2D eigenvalue weighted by atomic mass is 9.80. The van der Waals surface area contributed by atoms with Crippen LogP contribution >= 0.6 is 0 Å². The fourth-order valence-electron chi connectivity index (χ4n) is 2.11. The zero-order valence-corrected chi connectivity index (χ0v) is 9.86. The van der Waals surface area contributed by atoms with E-state index in [0.717, 1.165) is 16.9 Å². The molecule has 1 fully saturated rings. The van der Waals surface area contributed by atoms with E-state index in [-0.39, 0.29) is 19.0 Å².